The van der Waals surface area contributed by atoms with E-state index in [2.05, 4.69) is 19.2 Å². The zero-order valence-corrected chi connectivity index (χ0v) is 15.0. The summed E-state index contributed by atoms with van der Waals surface area (Å²) in [4.78, 5) is 24.2. The maximum Gasteiger partial charge on any atom is 0.337 e. The number of methoxy groups -OCH3 is 1. The first-order valence-electron chi connectivity index (χ1n) is 8.14. The lowest BCUT2D eigenvalue weighted by Gasteiger charge is -2.12. The highest BCUT2D eigenvalue weighted by Crippen LogP contribution is 2.20. The maximum atomic E-state index is 12.5. The topological polar surface area (TPSA) is 64.6 Å². The van der Waals surface area contributed by atoms with E-state index in [0.717, 1.165) is 5.56 Å². The number of amides is 1. The van der Waals surface area contributed by atoms with Gasteiger partial charge in [0.25, 0.3) is 5.91 Å². The maximum absolute atomic E-state index is 12.5. The van der Waals surface area contributed by atoms with Gasteiger partial charge in [0.1, 0.15) is 5.75 Å². The van der Waals surface area contributed by atoms with Crippen LogP contribution in [-0.4, -0.2) is 25.6 Å². The number of nitrogens with one attached hydrogen (secondary N) is 1. The number of ether oxygens (including phenoxy) is 2. The molecular weight excluding hydrogens is 318 g/mol. The van der Waals surface area contributed by atoms with E-state index in [1.165, 1.54) is 7.11 Å². The molecule has 0 fully saturated rings. The van der Waals surface area contributed by atoms with Crippen LogP contribution in [-0.2, 0) is 4.74 Å². The quantitative estimate of drug-likeness (QED) is 0.805. The summed E-state index contributed by atoms with van der Waals surface area (Å²) < 4.78 is 10.4. The van der Waals surface area contributed by atoms with E-state index in [-0.39, 0.29) is 5.91 Å². The van der Waals surface area contributed by atoms with Crippen LogP contribution in [0.2, 0.25) is 0 Å². The molecule has 0 saturated carbocycles. The van der Waals surface area contributed by atoms with E-state index in [9.17, 15) is 9.59 Å². The van der Waals surface area contributed by atoms with Crippen LogP contribution in [0, 0.1) is 12.8 Å². The van der Waals surface area contributed by atoms with Gasteiger partial charge in [0.15, 0.2) is 0 Å². The van der Waals surface area contributed by atoms with E-state index >= 15 is 0 Å². The Kier molecular flexibility index (Phi) is 6.17. The lowest BCUT2D eigenvalue weighted by molar-refractivity contribution is 0.0600. The average molecular weight is 341 g/mol. The van der Waals surface area contributed by atoms with Gasteiger partial charge in [0.05, 0.1) is 19.3 Å². The highest BCUT2D eigenvalue weighted by atomic mass is 16.5. The molecule has 0 aliphatic carbocycles. The predicted molar refractivity (Wildman–Crippen MR) is 97.2 cm³/mol. The van der Waals surface area contributed by atoms with Crippen molar-refractivity contribution in [2.75, 3.05) is 19.0 Å². The second kappa shape index (κ2) is 8.33. The first-order valence-corrected chi connectivity index (χ1v) is 8.14. The summed E-state index contributed by atoms with van der Waals surface area (Å²) in [5.41, 5.74) is 2.30. The second-order valence-corrected chi connectivity index (χ2v) is 6.21. The molecule has 0 atom stereocenters. The summed E-state index contributed by atoms with van der Waals surface area (Å²) in [5.74, 6) is 0.349. The smallest absolute Gasteiger partial charge is 0.337 e. The molecule has 5 heteroatoms. The molecule has 25 heavy (non-hydrogen) atoms. The van der Waals surface area contributed by atoms with Gasteiger partial charge in [0, 0.05) is 11.3 Å². The van der Waals surface area contributed by atoms with Gasteiger partial charge in [-0.2, -0.15) is 0 Å². The van der Waals surface area contributed by atoms with Gasteiger partial charge in [0.2, 0.25) is 0 Å². The van der Waals surface area contributed by atoms with Crippen LogP contribution in [0.1, 0.15) is 40.1 Å². The summed E-state index contributed by atoms with van der Waals surface area (Å²) in [6, 6.07) is 12.1. The number of anilines is 1. The summed E-state index contributed by atoms with van der Waals surface area (Å²) >= 11 is 0. The Morgan fingerprint density at radius 2 is 1.84 bits per heavy atom. The second-order valence-electron chi connectivity index (χ2n) is 6.21. The number of carbonyl (C=O) groups is 2. The molecule has 2 aromatic rings. The number of rotatable bonds is 6. The van der Waals surface area contributed by atoms with E-state index in [1.807, 2.05) is 13.0 Å². The lowest BCUT2D eigenvalue weighted by atomic mass is 10.1. The summed E-state index contributed by atoms with van der Waals surface area (Å²) in [6.07, 6.45) is 0. The third-order valence-corrected chi connectivity index (χ3v) is 3.59. The SMILES string of the molecule is COC(=O)c1ccc(C)c(NC(=O)c2cccc(OCC(C)C)c2)c1. The van der Waals surface area contributed by atoms with Crippen LogP contribution in [0.3, 0.4) is 0 Å². The fourth-order valence-corrected chi connectivity index (χ4v) is 2.19. The fourth-order valence-electron chi connectivity index (χ4n) is 2.19. The molecule has 0 aliphatic rings. The molecule has 0 spiro atoms. The van der Waals surface area contributed by atoms with Crippen molar-refractivity contribution in [2.45, 2.75) is 20.8 Å². The molecule has 0 aromatic heterocycles. The molecule has 5 nitrogen and oxygen atoms in total. The van der Waals surface area contributed by atoms with Gasteiger partial charge >= 0.3 is 5.97 Å². The minimum atomic E-state index is -0.445. The van der Waals surface area contributed by atoms with E-state index < -0.39 is 5.97 Å². The van der Waals surface area contributed by atoms with Crippen molar-refractivity contribution in [2.24, 2.45) is 5.92 Å². The molecule has 132 valence electrons. The Morgan fingerprint density at radius 1 is 1.08 bits per heavy atom. The highest BCUT2D eigenvalue weighted by molar-refractivity contribution is 6.05. The Balaban J connectivity index is 2.17. The molecule has 0 unspecified atom stereocenters. The molecule has 0 bridgehead atoms. The Hall–Kier alpha value is -2.82. The van der Waals surface area contributed by atoms with Crippen molar-refractivity contribution in [1.29, 1.82) is 0 Å². The Labute approximate surface area is 148 Å². The molecule has 2 rings (SSSR count). The molecule has 0 heterocycles. The number of benzene rings is 2. The van der Waals surface area contributed by atoms with Crippen molar-refractivity contribution >= 4 is 17.6 Å². The normalized spacial score (nSPS) is 10.4. The molecule has 0 radical (unpaired) electrons. The molecule has 2 aromatic carbocycles. The van der Waals surface area contributed by atoms with Gasteiger partial charge in [-0.15, -0.1) is 0 Å². The summed E-state index contributed by atoms with van der Waals surface area (Å²) in [7, 11) is 1.32. The lowest BCUT2D eigenvalue weighted by Crippen LogP contribution is -2.14. The van der Waals surface area contributed by atoms with Crippen LogP contribution in [0.15, 0.2) is 42.5 Å². The van der Waals surface area contributed by atoms with E-state index in [0.29, 0.717) is 35.1 Å². The minimum Gasteiger partial charge on any atom is -0.493 e. The molecule has 1 amide bonds. The Bertz CT molecular complexity index is 768. The zero-order chi connectivity index (χ0) is 18.4. The van der Waals surface area contributed by atoms with Crippen molar-refractivity contribution < 1.29 is 19.1 Å². The number of carbonyl (C=O) groups excluding carboxylic acids is 2. The number of aryl methyl sites for hydroxylation is 1. The highest BCUT2D eigenvalue weighted by Gasteiger charge is 2.12. The summed E-state index contributed by atoms with van der Waals surface area (Å²) in [5, 5.41) is 2.84. The van der Waals surface area contributed by atoms with Crippen LogP contribution >= 0.6 is 0 Å². The van der Waals surface area contributed by atoms with Crippen molar-refractivity contribution in [1.82, 2.24) is 0 Å². The Morgan fingerprint density at radius 3 is 2.52 bits per heavy atom. The third-order valence-electron chi connectivity index (χ3n) is 3.59. The number of esters is 1. The molecule has 0 aliphatic heterocycles. The summed E-state index contributed by atoms with van der Waals surface area (Å²) in [6.45, 7) is 6.57. The van der Waals surface area contributed by atoms with E-state index in [4.69, 9.17) is 9.47 Å². The van der Waals surface area contributed by atoms with Gasteiger partial charge < -0.3 is 14.8 Å². The van der Waals surface area contributed by atoms with Crippen molar-refractivity contribution in [3.8, 4) is 5.75 Å². The number of hydrogen-bond donors (Lipinski definition) is 1. The average Bonchev–Trinajstić information content (AvgIpc) is 2.61. The van der Waals surface area contributed by atoms with Crippen LogP contribution < -0.4 is 10.1 Å². The largest absolute Gasteiger partial charge is 0.493 e. The molecule has 1 N–H and O–H groups in total. The first kappa shape index (κ1) is 18.5. The van der Waals surface area contributed by atoms with E-state index in [1.54, 1.807) is 36.4 Å². The minimum absolute atomic E-state index is 0.264. The molecular formula is C20H23NO4. The van der Waals surface area contributed by atoms with Crippen molar-refractivity contribution in [3.63, 3.8) is 0 Å². The monoisotopic (exact) mass is 341 g/mol. The van der Waals surface area contributed by atoms with Crippen LogP contribution in [0.5, 0.6) is 5.75 Å². The van der Waals surface area contributed by atoms with Crippen molar-refractivity contribution in [3.05, 3.63) is 59.2 Å². The van der Waals surface area contributed by atoms with Crippen LogP contribution in [0.4, 0.5) is 5.69 Å². The van der Waals surface area contributed by atoms with Gasteiger partial charge in [-0.3, -0.25) is 4.79 Å². The standard InChI is InChI=1S/C20H23NO4/c1-13(2)12-25-17-7-5-6-15(10-17)19(22)21-18-11-16(20(23)24-4)9-8-14(18)3/h5-11,13H,12H2,1-4H3,(H,21,22). The van der Waals surface area contributed by atoms with Gasteiger partial charge in [-0.05, 0) is 48.7 Å². The van der Waals surface area contributed by atoms with Gasteiger partial charge in [-0.1, -0.05) is 26.0 Å². The fraction of sp³-hybridized carbons (Fsp3) is 0.300. The third kappa shape index (κ3) is 5.08. The van der Waals surface area contributed by atoms with Gasteiger partial charge in [-0.25, -0.2) is 4.79 Å². The zero-order valence-electron chi connectivity index (χ0n) is 15.0. The first-order chi connectivity index (χ1) is 11.9. The number of hydrogen-bond acceptors (Lipinski definition) is 4. The van der Waals surface area contributed by atoms with Crippen LogP contribution in [0.25, 0.3) is 0 Å². The predicted octanol–water partition coefficient (Wildman–Crippen LogP) is 4.07. The molecule has 0 saturated heterocycles.